The van der Waals surface area contributed by atoms with Gasteiger partial charge in [-0.3, -0.25) is 0 Å². The van der Waals surface area contributed by atoms with Crippen molar-refractivity contribution in [1.29, 1.82) is 0 Å². The van der Waals surface area contributed by atoms with Crippen LogP contribution in [0.25, 0.3) is 0 Å². The Balaban J connectivity index is 2.69. The van der Waals surface area contributed by atoms with Crippen LogP contribution < -0.4 is 0 Å². The molecule has 0 heterocycles. The molecule has 0 nitrogen and oxygen atoms in total. The summed E-state index contributed by atoms with van der Waals surface area (Å²) in [6, 6.07) is 3.32. The predicted molar refractivity (Wildman–Crippen MR) is 79.4 cm³/mol. The Morgan fingerprint density at radius 3 is 1.62 bits per heavy atom. The summed E-state index contributed by atoms with van der Waals surface area (Å²) in [4.78, 5) is 0. The van der Waals surface area contributed by atoms with E-state index in [2.05, 4.69) is 0 Å². The van der Waals surface area contributed by atoms with Gasteiger partial charge in [0.25, 0.3) is 0 Å². The van der Waals surface area contributed by atoms with Crippen LogP contribution in [-0.4, -0.2) is 0 Å². The first-order valence-electron chi connectivity index (χ1n) is 6.59. The van der Waals surface area contributed by atoms with E-state index in [1.54, 1.807) is 0 Å². The average molecular weight is 313 g/mol. The van der Waals surface area contributed by atoms with Crippen LogP contribution in [0.5, 0.6) is 0 Å². The van der Waals surface area contributed by atoms with Crippen LogP contribution in [0, 0.1) is 45.1 Å². The average Bonchev–Trinajstić information content (AvgIpc) is 2.35. The molecule has 2 rings (SSSR count). The minimum absolute atomic E-state index is 0.311. The molecule has 112 valence electrons. The van der Waals surface area contributed by atoms with Gasteiger partial charge >= 0.3 is 0 Å². The number of aryl methyl sites for hydroxylation is 2. The molecule has 0 aliphatic carbocycles. The Morgan fingerprint density at radius 2 is 1.19 bits per heavy atom. The smallest absolute Gasteiger partial charge is 0.134 e. The fourth-order valence-electron chi connectivity index (χ4n) is 2.57. The standard InChI is InChI=1S/C17H16ClF3/c1-8-5-9(2)11(4)15(10(8)3)17(18)16-13(20)6-12(19)7-14(16)21/h5-7,17H,1-4H3. The third-order valence-corrected chi connectivity index (χ3v) is 4.41. The lowest BCUT2D eigenvalue weighted by molar-refractivity contribution is 0.526. The van der Waals surface area contributed by atoms with Crippen molar-refractivity contribution in [3.05, 3.63) is 69.0 Å². The fourth-order valence-corrected chi connectivity index (χ4v) is 3.10. The predicted octanol–water partition coefficient (Wildman–Crippen LogP) is 5.67. The van der Waals surface area contributed by atoms with Gasteiger partial charge in [-0.05, 0) is 55.5 Å². The number of hydrogen-bond donors (Lipinski definition) is 0. The van der Waals surface area contributed by atoms with Gasteiger partial charge in [0.15, 0.2) is 0 Å². The summed E-state index contributed by atoms with van der Waals surface area (Å²) in [6.45, 7) is 7.58. The molecular weight excluding hydrogens is 297 g/mol. The van der Waals surface area contributed by atoms with E-state index in [1.165, 1.54) is 0 Å². The second-order valence-corrected chi connectivity index (χ2v) is 5.76. The van der Waals surface area contributed by atoms with Gasteiger partial charge in [0, 0.05) is 17.7 Å². The highest BCUT2D eigenvalue weighted by molar-refractivity contribution is 6.23. The normalized spacial score (nSPS) is 12.6. The van der Waals surface area contributed by atoms with Crippen LogP contribution in [0.15, 0.2) is 18.2 Å². The number of benzene rings is 2. The molecule has 1 unspecified atom stereocenters. The quantitative estimate of drug-likeness (QED) is 0.627. The van der Waals surface area contributed by atoms with Crippen molar-refractivity contribution in [3.63, 3.8) is 0 Å². The molecule has 0 N–H and O–H groups in total. The molecule has 0 fully saturated rings. The van der Waals surface area contributed by atoms with E-state index in [4.69, 9.17) is 11.6 Å². The van der Waals surface area contributed by atoms with Crippen LogP contribution in [0.4, 0.5) is 13.2 Å². The summed E-state index contributed by atoms with van der Waals surface area (Å²) in [5, 5.41) is -0.996. The van der Waals surface area contributed by atoms with Crippen molar-refractivity contribution in [1.82, 2.24) is 0 Å². The monoisotopic (exact) mass is 312 g/mol. The summed E-state index contributed by atoms with van der Waals surface area (Å²) in [7, 11) is 0. The van der Waals surface area contributed by atoms with Gasteiger partial charge < -0.3 is 0 Å². The number of alkyl halides is 1. The van der Waals surface area contributed by atoms with Gasteiger partial charge in [-0.25, -0.2) is 13.2 Å². The Kier molecular flexibility index (Phi) is 4.33. The Hall–Kier alpha value is -1.48. The molecule has 0 amide bonds. The molecule has 2 aromatic rings. The second-order valence-electron chi connectivity index (χ2n) is 5.32. The van der Waals surface area contributed by atoms with Gasteiger partial charge in [-0.1, -0.05) is 6.07 Å². The molecule has 0 saturated heterocycles. The van der Waals surface area contributed by atoms with Gasteiger partial charge in [0.05, 0.1) is 5.38 Å². The Morgan fingerprint density at radius 1 is 0.762 bits per heavy atom. The van der Waals surface area contributed by atoms with Crippen LogP contribution in [0.3, 0.4) is 0 Å². The lowest BCUT2D eigenvalue weighted by Gasteiger charge is -2.20. The molecule has 1 atom stereocenters. The number of rotatable bonds is 2. The zero-order valence-corrected chi connectivity index (χ0v) is 13.1. The van der Waals surface area contributed by atoms with Crippen molar-refractivity contribution in [2.75, 3.05) is 0 Å². The molecule has 0 saturated carbocycles. The van der Waals surface area contributed by atoms with E-state index < -0.39 is 22.8 Å². The lowest BCUT2D eigenvalue weighted by Crippen LogP contribution is -2.07. The SMILES string of the molecule is Cc1cc(C)c(C)c(C(Cl)c2c(F)cc(F)cc2F)c1C. The summed E-state index contributed by atoms with van der Waals surface area (Å²) < 4.78 is 40.9. The summed E-state index contributed by atoms with van der Waals surface area (Å²) in [6.07, 6.45) is 0. The number of halogens is 4. The zero-order chi connectivity index (χ0) is 15.9. The van der Waals surface area contributed by atoms with E-state index in [0.29, 0.717) is 17.7 Å². The van der Waals surface area contributed by atoms with Gasteiger partial charge in [-0.2, -0.15) is 0 Å². The van der Waals surface area contributed by atoms with Crippen LogP contribution in [-0.2, 0) is 0 Å². The first-order valence-corrected chi connectivity index (χ1v) is 7.03. The molecule has 21 heavy (non-hydrogen) atoms. The topological polar surface area (TPSA) is 0 Å². The highest BCUT2D eigenvalue weighted by Crippen LogP contribution is 2.38. The van der Waals surface area contributed by atoms with Crippen molar-refractivity contribution < 1.29 is 13.2 Å². The van der Waals surface area contributed by atoms with E-state index in [0.717, 1.165) is 22.3 Å². The highest BCUT2D eigenvalue weighted by atomic mass is 35.5. The van der Waals surface area contributed by atoms with E-state index >= 15 is 0 Å². The maximum Gasteiger partial charge on any atom is 0.134 e. The molecule has 0 spiro atoms. The molecule has 0 aliphatic heterocycles. The van der Waals surface area contributed by atoms with Gasteiger partial charge in [-0.15, -0.1) is 11.6 Å². The lowest BCUT2D eigenvalue weighted by atomic mass is 9.89. The minimum Gasteiger partial charge on any atom is -0.207 e. The maximum atomic E-state index is 13.9. The largest absolute Gasteiger partial charge is 0.207 e. The first-order chi connectivity index (χ1) is 9.73. The Bertz CT molecular complexity index is 658. The second kappa shape index (κ2) is 5.72. The highest BCUT2D eigenvalue weighted by Gasteiger charge is 2.25. The van der Waals surface area contributed by atoms with E-state index in [1.807, 2.05) is 33.8 Å². The van der Waals surface area contributed by atoms with E-state index in [9.17, 15) is 13.2 Å². The molecule has 4 heteroatoms. The summed E-state index contributed by atoms with van der Waals surface area (Å²) in [5.41, 5.74) is 4.15. The summed E-state index contributed by atoms with van der Waals surface area (Å²) >= 11 is 6.35. The molecule has 0 aromatic heterocycles. The van der Waals surface area contributed by atoms with Crippen molar-refractivity contribution in [3.8, 4) is 0 Å². The molecule has 0 aliphatic rings. The van der Waals surface area contributed by atoms with Crippen LogP contribution in [0.1, 0.15) is 38.8 Å². The minimum atomic E-state index is -0.996. The maximum absolute atomic E-state index is 13.9. The van der Waals surface area contributed by atoms with Crippen LogP contribution in [0.2, 0.25) is 0 Å². The molecular formula is C17H16ClF3. The van der Waals surface area contributed by atoms with Gasteiger partial charge in [0.1, 0.15) is 17.5 Å². The molecule has 0 bridgehead atoms. The van der Waals surface area contributed by atoms with Gasteiger partial charge in [0.2, 0.25) is 0 Å². The van der Waals surface area contributed by atoms with Crippen molar-refractivity contribution >= 4 is 11.6 Å². The molecule has 2 aromatic carbocycles. The third kappa shape index (κ3) is 2.80. The van der Waals surface area contributed by atoms with Crippen molar-refractivity contribution in [2.45, 2.75) is 33.1 Å². The first kappa shape index (κ1) is 15.9. The van der Waals surface area contributed by atoms with E-state index in [-0.39, 0.29) is 5.56 Å². The fraction of sp³-hybridized carbons (Fsp3) is 0.294. The Labute approximate surface area is 127 Å². The van der Waals surface area contributed by atoms with Crippen LogP contribution >= 0.6 is 11.6 Å². The molecule has 0 radical (unpaired) electrons. The number of hydrogen-bond acceptors (Lipinski definition) is 0. The van der Waals surface area contributed by atoms with Crippen molar-refractivity contribution in [2.24, 2.45) is 0 Å². The zero-order valence-electron chi connectivity index (χ0n) is 12.3. The third-order valence-electron chi connectivity index (χ3n) is 3.97. The summed E-state index contributed by atoms with van der Waals surface area (Å²) in [5.74, 6) is -2.89.